The van der Waals surface area contributed by atoms with Crippen LogP contribution in [-0.4, -0.2) is 11.1 Å². The van der Waals surface area contributed by atoms with Gasteiger partial charge in [-0.1, -0.05) is 30.7 Å². The molecular formula is C19H17ClFNO2. The van der Waals surface area contributed by atoms with Gasteiger partial charge in [0.2, 0.25) is 0 Å². The van der Waals surface area contributed by atoms with Gasteiger partial charge in [-0.2, -0.15) is 5.26 Å². The van der Waals surface area contributed by atoms with Gasteiger partial charge in [-0.3, -0.25) is 4.79 Å². The quantitative estimate of drug-likeness (QED) is 0.853. The van der Waals surface area contributed by atoms with Gasteiger partial charge in [0.05, 0.1) is 17.6 Å². The highest BCUT2D eigenvalue weighted by molar-refractivity contribution is 6.30. The van der Waals surface area contributed by atoms with Crippen molar-refractivity contribution in [3.63, 3.8) is 0 Å². The van der Waals surface area contributed by atoms with Crippen LogP contribution in [0.5, 0.6) is 0 Å². The van der Waals surface area contributed by atoms with Crippen molar-refractivity contribution < 1.29 is 14.3 Å². The maximum atomic E-state index is 14.4. The van der Waals surface area contributed by atoms with Crippen LogP contribution in [0.1, 0.15) is 46.6 Å². The Kier molecular flexibility index (Phi) is 5.26. The largest absolute Gasteiger partial charge is 0.481 e. The second kappa shape index (κ2) is 7.02. The lowest BCUT2D eigenvalue weighted by Gasteiger charge is -2.24. The Bertz CT molecular complexity index is 842. The fourth-order valence-corrected chi connectivity index (χ4v) is 3.22. The number of aliphatic carboxylic acids is 1. The van der Waals surface area contributed by atoms with E-state index in [2.05, 4.69) is 0 Å². The zero-order valence-electron chi connectivity index (χ0n) is 13.6. The summed E-state index contributed by atoms with van der Waals surface area (Å²) in [7, 11) is 0. The number of hydrogen-bond donors (Lipinski definition) is 1. The topological polar surface area (TPSA) is 61.1 Å². The molecule has 0 radical (unpaired) electrons. The number of aryl methyl sites for hydroxylation is 1. The molecule has 0 aromatic heterocycles. The molecule has 0 aliphatic carbocycles. The minimum atomic E-state index is -1.11. The van der Waals surface area contributed by atoms with Crippen molar-refractivity contribution >= 4 is 17.6 Å². The average Bonchev–Trinajstić information content (AvgIpc) is 2.52. The summed E-state index contributed by atoms with van der Waals surface area (Å²) in [5.74, 6) is -3.24. The van der Waals surface area contributed by atoms with Crippen molar-refractivity contribution in [3.8, 4) is 6.07 Å². The fraction of sp³-hybridized carbons (Fsp3) is 0.263. The van der Waals surface area contributed by atoms with Gasteiger partial charge in [-0.25, -0.2) is 4.39 Å². The van der Waals surface area contributed by atoms with E-state index >= 15 is 0 Å². The molecule has 2 unspecified atom stereocenters. The summed E-state index contributed by atoms with van der Waals surface area (Å²) in [4.78, 5) is 11.9. The van der Waals surface area contributed by atoms with Gasteiger partial charge in [0.25, 0.3) is 0 Å². The van der Waals surface area contributed by atoms with Crippen LogP contribution in [0.15, 0.2) is 30.3 Å². The van der Waals surface area contributed by atoms with Crippen molar-refractivity contribution in [2.24, 2.45) is 0 Å². The third kappa shape index (κ3) is 3.27. The Morgan fingerprint density at radius 1 is 1.29 bits per heavy atom. The average molecular weight is 346 g/mol. The van der Waals surface area contributed by atoms with Gasteiger partial charge >= 0.3 is 5.97 Å². The van der Waals surface area contributed by atoms with E-state index in [9.17, 15) is 19.6 Å². The first-order valence-electron chi connectivity index (χ1n) is 7.45. The van der Waals surface area contributed by atoms with E-state index in [4.69, 9.17) is 11.6 Å². The number of hydrogen-bond acceptors (Lipinski definition) is 2. The van der Waals surface area contributed by atoms with E-state index in [1.165, 1.54) is 18.2 Å². The first kappa shape index (κ1) is 18.0. The smallest absolute Gasteiger partial charge is 0.311 e. The van der Waals surface area contributed by atoms with Crippen LogP contribution >= 0.6 is 11.6 Å². The lowest BCUT2D eigenvalue weighted by molar-refractivity contribution is -0.139. The third-order valence-corrected chi connectivity index (χ3v) is 4.66. The van der Waals surface area contributed by atoms with Crippen molar-refractivity contribution in [1.29, 1.82) is 5.26 Å². The zero-order valence-corrected chi connectivity index (χ0v) is 14.4. The van der Waals surface area contributed by atoms with Crippen LogP contribution in [0.3, 0.4) is 0 Å². The molecule has 0 aliphatic heterocycles. The summed E-state index contributed by atoms with van der Waals surface area (Å²) in [5, 5.41) is 19.4. The Morgan fingerprint density at radius 3 is 2.54 bits per heavy atom. The van der Waals surface area contributed by atoms with E-state index in [0.29, 0.717) is 16.1 Å². The molecule has 0 heterocycles. The van der Waals surface area contributed by atoms with Gasteiger partial charge in [-0.15, -0.1) is 0 Å². The normalized spacial score (nSPS) is 13.2. The second-order valence-electron chi connectivity index (χ2n) is 5.85. The van der Waals surface area contributed by atoms with Crippen LogP contribution in [0.2, 0.25) is 5.02 Å². The summed E-state index contributed by atoms with van der Waals surface area (Å²) in [6.45, 7) is 5.29. The molecule has 0 spiro atoms. The molecule has 0 fully saturated rings. The monoisotopic (exact) mass is 345 g/mol. The third-order valence-electron chi connectivity index (χ3n) is 4.42. The van der Waals surface area contributed by atoms with Crippen LogP contribution in [0.4, 0.5) is 4.39 Å². The summed E-state index contributed by atoms with van der Waals surface area (Å²) < 4.78 is 14.4. The molecule has 0 bridgehead atoms. The number of benzene rings is 2. The number of halogens is 2. The SMILES string of the molecule is Cc1ccc(F)c(C(C)C(C(=O)O)c2ccc(Cl)cc2C#N)c1C. The molecule has 1 N–H and O–H groups in total. The summed E-state index contributed by atoms with van der Waals surface area (Å²) in [6.07, 6.45) is 0. The van der Waals surface area contributed by atoms with E-state index in [1.54, 1.807) is 26.0 Å². The predicted octanol–water partition coefficient (Wildman–Crippen LogP) is 4.94. The van der Waals surface area contributed by atoms with Crippen molar-refractivity contribution in [1.82, 2.24) is 0 Å². The molecule has 0 amide bonds. The van der Waals surface area contributed by atoms with E-state index in [0.717, 1.165) is 11.1 Å². The molecule has 5 heteroatoms. The molecule has 24 heavy (non-hydrogen) atoms. The first-order valence-corrected chi connectivity index (χ1v) is 7.83. The highest BCUT2D eigenvalue weighted by Gasteiger charge is 2.32. The van der Waals surface area contributed by atoms with Crippen LogP contribution in [0, 0.1) is 31.0 Å². The van der Waals surface area contributed by atoms with Crippen LogP contribution < -0.4 is 0 Å². The predicted molar refractivity (Wildman–Crippen MR) is 90.8 cm³/mol. The molecule has 2 aromatic rings. The standard InChI is InChI=1S/C19H17ClFNO2/c1-10-4-7-16(21)17(11(10)2)12(3)18(19(23)24)15-6-5-14(20)8-13(15)9-22/h4-8,12,18H,1-3H3,(H,23,24). The highest BCUT2D eigenvalue weighted by atomic mass is 35.5. The molecule has 0 saturated carbocycles. The van der Waals surface area contributed by atoms with Crippen molar-refractivity contribution in [2.45, 2.75) is 32.6 Å². The molecule has 3 nitrogen and oxygen atoms in total. The number of carboxylic acids is 1. The maximum absolute atomic E-state index is 14.4. The second-order valence-corrected chi connectivity index (χ2v) is 6.29. The van der Waals surface area contributed by atoms with E-state index in [1.807, 2.05) is 13.0 Å². The Hall–Kier alpha value is -2.38. The summed E-state index contributed by atoms with van der Waals surface area (Å²) in [5.41, 5.74) is 2.50. The molecule has 2 atom stereocenters. The number of rotatable bonds is 4. The van der Waals surface area contributed by atoms with Gasteiger partial charge in [0, 0.05) is 10.9 Å². The summed E-state index contributed by atoms with van der Waals surface area (Å²) >= 11 is 5.89. The molecule has 2 rings (SSSR count). The fourth-order valence-electron chi connectivity index (χ4n) is 3.04. The number of nitriles is 1. The lowest BCUT2D eigenvalue weighted by Crippen LogP contribution is -2.21. The molecule has 0 aliphatic rings. The van der Waals surface area contributed by atoms with Gasteiger partial charge in [0.15, 0.2) is 0 Å². The Labute approximate surface area is 145 Å². The van der Waals surface area contributed by atoms with E-state index < -0.39 is 23.6 Å². The zero-order chi connectivity index (χ0) is 18.0. The number of carbonyl (C=O) groups is 1. The van der Waals surface area contributed by atoms with Crippen molar-refractivity contribution in [2.75, 3.05) is 0 Å². The number of carboxylic acid groups (broad SMARTS) is 1. The Balaban J connectivity index is 2.64. The molecule has 124 valence electrons. The molecular weight excluding hydrogens is 329 g/mol. The van der Waals surface area contributed by atoms with Gasteiger partial charge in [0.1, 0.15) is 5.82 Å². The Morgan fingerprint density at radius 2 is 1.96 bits per heavy atom. The minimum absolute atomic E-state index is 0.187. The van der Waals surface area contributed by atoms with Crippen LogP contribution in [-0.2, 0) is 4.79 Å². The number of nitrogens with zero attached hydrogens (tertiary/aromatic N) is 1. The first-order chi connectivity index (χ1) is 11.3. The maximum Gasteiger partial charge on any atom is 0.311 e. The van der Waals surface area contributed by atoms with E-state index in [-0.39, 0.29) is 5.56 Å². The molecule has 2 aromatic carbocycles. The minimum Gasteiger partial charge on any atom is -0.481 e. The van der Waals surface area contributed by atoms with Crippen LogP contribution in [0.25, 0.3) is 0 Å². The molecule has 0 saturated heterocycles. The van der Waals surface area contributed by atoms with Gasteiger partial charge < -0.3 is 5.11 Å². The van der Waals surface area contributed by atoms with Gasteiger partial charge in [-0.05, 0) is 54.3 Å². The highest BCUT2D eigenvalue weighted by Crippen LogP contribution is 2.38. The van der Waals surface area contributed by atoms with Crippen molar-refractivity contribution in [3.05, 3.63) is 69.0 Å². The summed E-state index contributed by atoms with van der Waals surface area (Å²) in [6, 6.07) is 9.49. The lowest BCUT2D eigenvalue weighted by atomic mass is 9.79.